The molecule has 1 aromatic heterocycles. The summed E-state index contributed by atoms with van der Waals surface area (Å²) < 4.78 is 8.88. The van der Waals surface area contributed by atoms with E-state index in [-0.39, 0.29) is 0 Å². The van der Waals surface area contributed by atoms with Crippen molar-refractivity contribution < 1.29 is 19.2 Å². The largest absolute Gasteiger partial charge is 0.466 e. The Hall–Kier alpha value is -1.20. The first kappa shape index (κ1) is 10.9. The smallest absolute Gasteiger partial charge is 0.345 e. The highest BCUT2D eigenvalue weighted by Crippen LogP contribution is 2.25. The maximum Gasteiger partial charge on any atom is 0.466 e. The first-order chi connectivity index (χ1) is 6.47. The molecule has 0 saturated heterocycles. The van der Waals surface area contributed by atoms with E-state index in [1.54, 1.807) is 6.33 Å². The van der Waals surface area contributed by atoms with E-state index < -0.39 is 7.82 Å². The molecule has 0 saturated carbocycles. The lowest BCUT2D eigenvalue weighted by molar-refractivity contribution is 0.275. The molecule has 2 rings (SSSR count). The first-order valence-corrected chi connectivity index (χ1v) is 5.20. The van der Waals surface area contributed by atoms with Crippen LogP contribution in [0.2, 0.25) is 0 Å². The van der Waals surface area contributed by atoms with Gasteiger partial charge in [-0.15, -0.1) is 0 Å². The predicted molar refractivity (Wildman–Crippen MR) is 50.4 cm³/mol. The molecule has 0 spiro atoms. The van der Waals surface area contributed by atoms with Crippen LogP contribution in [0.15, 0.2) is 30.6 Å². The van der Waals surface area contributed by atoms with Crippen molar-refractivity contribution >= 4 is 18.9 Å². The molecule has 6 nitrogen and oxygen atoms in total. The number of phosphoric acid groups is 1. The summed E-state index contributed by atoms with van der Waals surface area (Å²) in [5.74, 6) is 0. The minimum atomic E-state index is -4.64. The van der Waals surface area contributed by atoms with E-state index in [1.165, 1.54) is 0 Å². The first-order valence-electron chi connectivity index (χ1n) is 3.63. The van der Waals surface area contributed by atoms with Gasteiger partial charge in [0.1, 0.15) is 0 Å². The molecule has 0 aliphatic heterocycles. The summed E-state index contributed by atoms with van der Waals surface area (Å²) in [7, 11) is -4.64. The Morgan fingerprint density at radius 3 is 2.36 bits per heavy atom. The van der Waals surface area contributed by atoms with Gasteiger partial charge >= 0.3 is 7.82 Å². The van der Waals surface area contributed by atoms with Gasteiger partial charge in [-0.1, -0.05) is 12.1 Å². The third-order valence-electron chi connectivity index (χ3n) is 1.33. The summed E-state index contributed by atoms with van der Waals surface area (Å²) in [6.07, 6.45) is 1.70. The zero-order chi connectivity index (χ0) is 10.6. The van der Waals surface area contributed by atoms with E-state index in [2.05, 4.69) is 9.97 Å². The van der Waals surface area contributed by atoms with Crippen LogP contribution in [0.5, 0.6) is 0 Å². The summed E-state index contributed by atoms with van der Waals surface area (Å²) in [6, 6.07) is 7.94. The highest BCUT2D eigenvalue weighted by atomic mass is 31.2. The van der Waals surface area contributed by atoms with E-state index >= 15 is 0 Å². The Bertz CT molecular complexity index is 411. The molecule has 76 valence electrons. The summed E-state index contributed by atoms with van der Waals surface area (Å²) in [4.78, 5) is 28.6. The molecular formula is C7H9N2O4P. The number of fused-ring (bicyclic) bond motifs is 1. The number of benzene rings is 1. The van der Waals surface area contributed by atoms with E-state index in [9.17, 15) is 0 Å². The minimum absolute atomic E-state index is 1.03. The third kappa shape index (κ3) is 4.15. The molecule has 2 aromatic rings. The van der Waals surface area contributed by atoms with Crippen molar-refractivity contribution in [2.24, 2.45) is 0 Å². The Morgan fingerprint density at radius 2 is 1.79 bits per heavy atom. The van der Waals surface area contributed by atoms with Gasteiger partial charge in [0.15, 0.2) is 0 Å². The van der Waals surface area contributed by atoms with Crippen LogP contribution >= 0.6 is 7.82 Å². The fourth-order valence-electron chi connectivity index (χ4n) is 0.880. The van der Waals surface area contributed by atoms with Gasteiger partial charge < -0.3 is 19.7 Å². The molecule has 0 amide bonds. The second-order valence-electron chi connectivity index (χ2n) is 2.43. The average molecular weight is 216 g/mol. The second-order valence-corrected chi connectivity index (χ2v) is 3.46. The molecule has 1 heterocycles. The van der Waals surface area contributed by atoms with Gasteiger partial charge in [0.2, 0.25) is 0 Å². The molecule has 0 unspecified atom stereocenters. The Labute approximate surface area is 79.5 Å². The van der Waals surface area contributed by atoms with Gasteiger partial charge in [-0.25, -0.2) is 9.55 Å². The molecule has 0 aliphatic carbocycles. The molecule has 7 heteroatoms. The zero-order valence-corrected chi connectivity index (χ0v) is 7.93. The molecule has 0 aliphatic rings. The monoisotopic (exact) mass is 216 g/mol. The molecule has 0 radical (unpaired) electrons. The average Bonchev–Trinajstić information content (AvgIpc) is 2.47. The van der Waals surface area contributed by atoms with Gasteiger partial charge in [0.25, 0.3) is 0 Å². The van der Waals surface area contributed by atoms with Crippen molar-refractivity contribution in [2.75, 3.05) is 0 Å². The van der Waals surface area contributed by atoms with Crippen molar-refractivity contribution in [1.82, 2.24) is 9.97 Å². The van der Waals surface area contributed by atoms with Crippen molar-refractivity contribution in [3.8, 4) is 0 Å². The zero-order valence-electron chi connectivity index (χ0n) is 7.03. The maximum absolute atomic E-state index is 8.88. The number of hydrogen-bond acceptors (Lipinski definition) is 2. The molecule has 14 heavy (non-hydrogen) atoms. The lowest BCUT2D eigenvalue weighted by Crippen LogP contribution is -1.66. The van der Waals surface area contributed by atoms with Gasteiger partial charge in [-0.2, -0.15) is 0 Å². The lowest BCUT2D eigenvalue weighted by atomic mass is 10.3. The number of aromatic nitrogens is 2. The van der Waals surface area contributed by atoms with E-state index in [1.807, 2.05) is 24.3 Å². The quantitative estimate of drug-likeness (QED) is 0.483. The Balaban J connectivity index is 0.000000171. The van der Waals surface area contributed by atoms with Crippen LogP contribution in [0.1, 0.15) is 0 Å². The van der Waals surface area contributed by atoms with Crippen LogP contribution in [0.25, 0.3) is 11.0 Å². The van der Waals surface area contributed by atoms with Gasteiger partial charge in [-0.3, -0.25) is 0 Å². The number of nitrogens with one attached hydrogen (secondary N) is 1. The molecule has 0 atom stereocenters. The summed E-state index contributed by atoms with van der Waals surface area (Å²) in [5.41, 5.74) is 2.12. The maximum atomic E-state index is 8.88. The molecule has 1 aromatic carbocycles. The number of H-pyrrole nitrogens is 1. The topological polar surface area (TPSA) is 106 Å². The second kappa shape index (κ2) is 4.34. The highest BCUT2D eigenvalue weighted by Gasteiger charge is 2.00. The van der Waals surface area contributed by atoms with E-state index in [4.69, 9.17) is 19.2 Å². The van der Waals surface area contributed by atoms with Crippen molar-refractivity contribution in [3.05, 3.63) is 30.6 Å². The van der Waals surface area contributed by atoms with Crippen LogP contribution in [0.3, 0.4) is 0 Å². The SMILES string of the molecule is O=P(O)(O)O.c1ccc2[nH]cnc2c1. The number of para-hydroxylation sites is 2. The van der Waals surface area contributed by atoms with Crippen LogP contribution in [-0.4, -0.2) is 24.6 Å². The van der Waals surface area contributed by atoms with Crippen LogP contribution < -0.4 is 0 Å². The van der Waals surface area contributed by atoms with Crippen LogP contribution in [0, 0.1) is 0 Å². The minimum Gasteiger partial charge on any atom is -0.345 e. The van der Waals surface area contributed by atoms with Crippen LogP contribution in [0.4, 0.5) is 0 Å². The fraction of sp³-hybridized carbons (Fsp3) is 0. The number of nitrogens with zero attached hydrogens (tertiary/aromatic N) is 1. The normalized spacial score (nSPS) is 10.8. The van der Waals surface area contributed by atoms with Crippen molar-refractivity contribution in [2.45, 2.75) is 0 Å². The highest BCUT2D eigenvalue weighted by molar-refractivity contribution is 7.45. The Kier molecular flexibility index (Phi) is 3.38. The van der Waals surface area contributed by atoms with Crippen molar-refractivity contribution in [3.63, 3.8) is 0 Å². The summed E-state index contributed by atoms with van der Waals surface area (Å²) in [5, 5.41) is 0. The molecule has 4 N–H and O–H groups in total. The van der Waals surface area contributed by atoms with Gasteiger partial charge in [0.05, 0.1) is 17.4 Å². The number of aromatic amines is 1. The number of hydrogen-bond donors (Lipinski definition) is 4. The summed E-state index contributed by atoms with van der Waals surface area (Å²) in [6.45, 7) is 0. The lowest BCUT2D eigenvalue weighted by Gasteiger charge is -1.82. The predicted octanol–water partition coefficient (Wildman–Crippen LogP) is 0.634. The fourth-order valence-corrected chi connectivity index (χ4v) is 0.880. The van der Waals surface area contributed by atoms with Crippen molar-refractivity contribution in [1.29, 1.82) is 0 Å². The third-order valence-corrected chi connectivity index (χ3v) is 1.33. The Morgan fingerprint density at radius 1 is 1.21 bits per heavy atom. The van der Waals surface area contributed by atoms with E-state index in [0.29, 0.717) is 0 Å². The van der Waals surface area contributed by atoms with Gasteiger partial charge in [0, 0.05) is 0 Å². The standard InChI is InChI=1S/C7H6N2.H3O4P/c1-2-4-7-6(3-1)8-5-9-7;1-5(2,3)4/h1-5H,(H,8,9);(H3,1,2,3,4). The molecular weight excluding hydrogens is 207 g/mol. The number of imidazole rings is 1. The van der Waals surface area contributed by atoms with Crippen LogP contribution in [-0.2, 0) is 4.57 Å². The molecule has 0 fully saturated rings. The van der Waals surface area contributed by atoms with E-state index in [0.717, 1.165) is 11.0 Å². The molecule has 0 bridgehead atoms. The summed E-state index contributed by atoms with van der Waals surface area (Å²) >= 11 is 0. The number of rotatable bonds is 0. The van der Waals surface area contributed by atoms with Gasteiger partial charge in [-0.05, 0) is 12.1 Å².